The second kappa shape index (κ2) is 11.9. The number of nitrogens with one attached hydrogen (secondary N) is 2. The molecule has 4 rings (SSSR count). The fraction of sp³-hybridized carbons (Fsp3) is 0.200. The predicted molar refractivity (Wildman–Crippen MR) is 143 cm³/mol. The minimum absolute atomic E-state index is 0.141. The highest BCUT2D eigenvalue weighted by Gasteiger charge is 2.21. The molecule has 1 aliphatic heterocycles. The zero-order chi connectivity index (χ0) is 26.2. The maximum atomic E-state index is 13.2. The van der Waals surface area contributed by atoms with Gasteiger partial charge in [-0.2, -0.15) is 0 Å². The minimum Gasteiger partial charge on any atom is -0.493 e. The van der Waals surface area contributed by atoms with Crippen molar-refractivity contribution in [3.8, 4) is 17.2 Å². The number of benzene rings is 3. The number of amides is 2. The molecule has 0 spiro atoms. The first-order valence-electron chi connectivity index (χ1n) is 12.0. The van der Waals surface area contributed by atoms with Crippen molar-refractivity contribution in [1.82, 2.24) is 10.6 Å². The van der Waals surface area contributed by atoms with Crippen LogP contribution in [-0.2, 0) is 11.2 Å². The van der Waals surface area contributed by atoms with E-state index in [9.17, 15) is 9.59 Å². The zero-order valence-electron chi connectivity index (χ0n) is 21.1. The molecule has 3 aromatic carbocycles. The van der Waals surface area contributed by atoms with Crippen molar-refractivity contribution < 1.29 is 23.8 Å². The van der Waals surface area contributed by atoms with Crippen LogP contribution in [0.15, 0.2) is 90.1 Å². The van der Waals surface area contributed by atoms with Gasteiger partial charge in [-0.1, -0.05) is 42.5 Å². The smallest absolute Gasteiger partial charge is 0.267 e. The van der Waals surface area contributed by atoms with Gasteiger partial charge in [0, 0.05) is 17.7 Å². The number of hydrogen-bond acceptors (Lipinski definition) is 5. The lowest BCUT2D eigenvalue weighted by atomic mass is 10.0. The molecule has 0 unspecified atom stereocenters. The van der Waals surface area contributed by atoms with Gasteiger partial charge in [-0.15, -0.1) is 0 Å². The predicted octanol–water partition coefficient (Wildman–Crippen LogP) is 4.54. The van der Waals surface area contributed by atoms with E-state index in [-0.39, 0.29) is 17.7 Å². The molecule has 1 heterocycles. The first kappa shape index (κ1) is 25.6. The molecule has 0 fully saturated rings. The van der Waals surface area contributed by atoms with E-state index in [1.165, 1.54) is 0 Å². The lowest BCUT2D eigenvalue weighted by Crippen LogP contribution is -2.36. The molecule has 2 N–H and O–H groups in total. The van der Waals surface area contributed by atoms with Crippen LogP contribution < -0.4 is 24.8 Å². The number of ether oxygens (including phenoxy) is 3. The van der Waals surface area contributed by atoms with Gasteiger partial charge in [-0.3, -0.25) is 9.59 Å². The molecule has 190 valence electrons. The Kier molecular flexibility index (Phi) is 8.26. The molecular formula is C30H30N2O5. The standard InChI is InChI=1S/C30H30N2O5/c1-20-24(18-23-11-7-8-12-26(23)37-20)19-25(32-29(33)22-9-5-4-6-10-22)30(34)31-16-15-21-13-14-27(35-2)28(17-21)36-3/h4-14,17-20H,15-16H2,1-3H3,(H,31,34)(H,32,33)/b25-19+/t20-/m0/s1. The highest BCUT2D eigenvalue weighted by atomic mass is 16.5. The summed E-state index contributed by atoms with van der Waals surface area (Å²) < 4.78 is 16.7. The van der Waals surface area contributed by atoms with Gasteiger partial charge < -0.3 is 24.8 Å². The van der Waals surface area contributed by atoms with Gasteiger partial charge >= 0.3 is 0 Å². The molecule has 7 heteroatoms. The Morgan fingerprint density at radius 2 is 1.68 bits per heavy atom. The second-order valence-corrected chi connectivity index (χ2v) is 8.52. The number of para-hydroxylation sites is 1. The Hall–Kier alpha value is -4.52. The summed E-state index contributed by atoms with van der Waals surface area (Å²) in [6, 6.07) is 22.1. The molecule has 0 aromatic heterocycles. The van der Waals surface area contributed by atoms with Crippen molar-refractivity contribution >= 4 is 17.9 Å². The Bertz CT molecular complexity index is 1330. The summed E-state index contributed by atoms with van der Waals surface area (Å²) in [6.45, 7) is 2.27. The Morgan fingerprint density at radius 1 is 0.946 bits per heavy atom. The third-order valence-corrected chi connectivity index (χ3v) is 6.00. The Labute approximate surface area is 216 Å². The molecule has 0 bridgehead atoms. The number of rotatable bonds is 9. The molecule has 7 nitrogen and oxygen atoms in total. The number of fused-ring (bicyclic) bond motifs is 1. The Balaban J connectivity index is 1.53. The minimum atomic E-state index is -0.392. The molecule has 3 aromatic rings. The van der Waals surface area contributed by atoms with Crippen LogP contribution in [0.2, 0.25) is 0 Å². The molecule has 1 aliphatic rings. The van der Waals surface area contributed by atoms with Crippen LogP contribution in [0, 0.1) is 0 Å². The van der Waals surface area contributed by atoms with E-state index in [0.717, 1.165) is 22.4 Å². The summed E-state index contributed by atoms with van der Waals surface area (Å²) in [5.41, 5.74) is 3.26. The van der Waals surface area contributed by atoms with E-state index in [4.69, 9.17) is 14.2 Å². The lowest BCUT2D eigenvalue weighted by molar-refractivity contribution is -0.117. The Morgan fingerprint density at radius 3 is 2.43 bits per heavy atom. The van der Waals surface area contributed by atoms with Crippen LogP contribution in [0.1, 0.15) is 28.4 Å². The van der Waals surface area contributed by atoms with E-state index >= 15 is 0 Å². The SMILES string of the molecule is COc1ccc(CCNC(=O)/C(=C\C2=Cc3ccccc3O[C@H]2C)NC(=O)c2ccccc2)cc1OC. The average Bonchev–Trinajstić information content (AvgIpc) is 2.93. The van der Waals surface area contributed by atoms with E-state index < -0.39 is 5.91 Å². The normalized spacial score (nSPS) is 14.5. The van der Waals surface area contributed by atoms with Crippen molar-refractivity contribution in [3.63, 3.8) is 0 Å². The molecule has 1 atom stereocenters. The number of carbonyl (C=O) groups is 2. The molecular weight excluding hydrogens is 468 g/mol. The van der Waals surface area contributed by atoms with Crippen LogP contribution >= 0.6 is 0 Å². The van der Waals surface area contributed by atoms with Gasteiger partial charge in [0.05, 0.1) is 14.2 Å². The van der Waals surface area contributed by atoms with Crippen molar-refractivity contribution in [2.75, 3.05) is 20.8 Å². The van der Waals surface area contributed by atoms with Gasteiger partial charge in [0.25, 0.3) is 11.8 Å². The molecule has 0 aliphatic carbocycles. The van der Waals surface area contributed by atoms with Crippen LogP contribution in [0.25, 0.3) is 6.08 Å². The van der Waals surface area contributed by atoms with E-state index in [1.54, 1.807) is 44.6 Å². The van der Waals surface area contributed by atoms with Gasteiger partial charge in [-0.05, 0) is 67.0 Å². The van der Waals surface area contributed by atoms with Gasteiger partial charge in [0.1, 0.15) is 17.6 Å². The second-order valence-electron chi connectivity index (χ2n) is 8.52. The average molecular weight is 499 g/mol. The maximum absolute atomic E-state index is 13.2. The lowest BCUT2D eigenvalue weighted by Gasteiger charge is -2.23. The molecule has 37 heavy (non-hydrogen) atoms. The van der Waals surface area contributed by atoms with Crippen molar-refractivity contribution in [3.05, 3.63) is 107 Å². The first-order chi connectivity index (χ1) is 18.0. The fourth-order valence-electron chi connectivity index (χ4n) is 3.98. The molecule has 0 saturated heterocycles. The highest BCUT2D eigenvalue weighted by molar-refractivity contribution is 6.03. The summed E-state index contributed by atoms with van der Waals surface area (Å²) >= 11 is 0. The number of methoxy groups -OCH3 is 2. The van der Waals surface area contributed by atoms with Crippen LogP contribution in [0.4, 0.5) is 0 Å². The summed E-state index contributed by atoms with van der Waals surface area (Å²) in [6.07, 6.45) is 3.92. The monoisotopic (exact) mass is 498 g/mol. The van der Waals surface area contributed by atoms with Crippen LogP contribution in [0.5, 0.6) is 17.2 Å². The van der Waals surface area contributed by atoms with Crippen LogP contribution in [-0.4, -0.2) is 38.7 Å². The van der Waals surface area contributed by atoms with Crippen molar-refractivity contribution in [2.45, 2.75) is 19.4 Å². The molecule has 2 amide bonds. The summed E-state index contributed by atoms with van der Waals surface area (Å²) in [7, 11) is 3.17. The maximum Gasteiger partial charge on any atom is 0.267 e. The quantitative estimate of drug-likeness (QED) is 0.423. The summed E-state index contributed by atoms with van der Waals surface area (Å²) in [4.78, 5) is 26.1. The number of carbonyl (C=O) groups excluding carboxylic acids is 2. The van der Waals surface area contributed by atoms with Crippen molar-refractivity contribution in [1.29, 1.82) is 0 Å². The van der Waals surface area contributed by atoms with E-state index in [2.05, 4.69) is 10.6 Å². The first-order valence-corrected chi connectivity index (χ1v) is 12.0. The van der Waals surface area contributed by atoms with Crippen LogP contribution in [0.3, 0.4) is 0 Å². The fourth-order valence-corrected chi connectivity index (χ4v) is 3.98. The largest absolute Gasteiger partial charge is 0.493 e. The topological polar surface area (TPSA) is 85.9 Å². The van der Waals surface area contributed by atoms with E-state index in [1.807, 2.05) is 61.5 Å². The number of hydrogen-bond donors (Lipinski definition) is 2. The van der Waals surface area contributed by atoms with E-state index in [0.29, 0.717) is 30.0 Å². The zero-order valence-corrected chi connectivity index (χ0v) is 21.1. The molecule has 0 saturated carbocycles. The van der Waals surface area contributed by atoms with Crippen molar-refractivity contribution in [2.24, 2.45) is 0 Å². The third kappa shape index (κ3) is 6.38. The van der Waals surface area contributed by atoms with Gasteiger partial charge in [0.15, 0.2) is 11.5 Å². The summed E-state index contributed by atoms with van der Waals surface area (Å²) in [5.74, 6) is 1.29. The molecule has 0 radical (unpaired) electrons. The van der Waals surface area contributed by atoms with Gasteiger partial charge in [-0.25, -0.2) is 0 Å². The summed E-state index contributed by atoms with van der Waals surface area (Å²) in [5, 5.41) is 5.70. The third-order valence-electron chi connectivity index (χ3n) is 6.00. The highest BCUT2D eigenvalue weighted by Crippen LogP contribution is 2.30. The van der Waals surface area contributed by atoms with Gasteiger partial charge in [0.2, 0.25) is 0 Å².